The van der Waals surface area contributed by atoms with Crippen LogP contribution in [0.5, 0.6) is 0 Å². The molecule has 0 unspecified atom stereocenters. The number of benzene rings is 2. The lowest BCUT2D eigenvalue weighted by atomic mass is 10.2. The molecule has 2 aromatic carbocycles. The largest absolute Gasteiger partial charge is 0.365 e. The van der Waals surface area contributed by atoms with Crippen LogP contribution in [0.1, 0.15) is 5.56 Å². The molecule has 1 aromatic heterocycles. The number of halogens is 3. The Morgan fingerprint density at radius 2 is 1.71 bits per heavy atom. The van der Waals surface area contributed by atoms with Crippen LogP contribution < -0.4 is 10.6 Å². The summed E-state index contributed by atoms with van der Waals surface area (Å²) in [7, 11) is 0. The van der Waals surface area contributed by atoms with Crippen LogP contribution in [-0.2, 0) is 6.54 Å². The fourth-order valence-corrected chi connectivity index (χ4v) is 2.52. The first-order chi connectivity index (χ1) is 11.6. The van der Waals surface area contributed by atoms with E-state index in [4.69, 9.17) is 23.2 Å². The lowest BCUT2D eigenvalue weighted by Crippen LogP contribution is -2.05. The van der Waals surface area contributed by atoms with Gasteiger partial charge in [0.2, 0.25) is 5.95 Å². The maximum atomic E-state index is 12.9. The molecule has 1 heterocycles. The fraction of sp³-hybridized carbons (Fsp3) is 0.0625. The number of aromatic nitrogens is 3. The Morgan fingerprint density at radius 1 is 1.00 bits per heavy atom. The topological polar surface area (TPSA) is 62.7 Å². The second-order valence-electron chi connectivity index (χ2n) is 4.93. The van der Waals surface area contributed by atoms with Gasteiger partial charge in [-0.25, -0.2) is 4.39 Å². The molecular weight excluding hydrogens is 352 g/mol. The van der Waals surface area contributed by atoms with E-state index in [0.717, 1.165) is 5.56 Å². The molecule has 0 saturated heterocycles. The van der Waals surface area contributed by atoms with Crippen molar-refractivity contribution in [2.45, 2.75) is 6.54 Å². The van der Waals surface area contributed by atoms with Crippen molar-refractivity contribution in [3.63, 3.8) is 0 Å². The van der Waals surface area contributed by atoms with E-state index < -0.39 is 0 Å². The van der Waals surface area contributed by atoms with Gasteiger partial charge >= 0.3 is 0 Å². The second-order valence-corrected chi connectivity index (χ2v) is 5.80. The third kappa shape index (κ3) is 4.53. The number of nitrogens with one attached hydrogen (secondary N) is 2. The lowest BCUT2D eigenvalue weighted by Gasteiger charge is -2.08. The van der Waals surface area contributed by atoms with Crippen molar-refractivity contribution in [2.75, 3.05) is 10.6 Å². The van der Waals surface area contributed by atoms with Crippen molar-refractivity contribution < 1.29 is 4.39 Å². The van der Waals surface area contributed by atoms with E-state index in [-0.39, 0.29) is 5.82 Å². The highest BCUT2D eigenvalue weighted by molar-refractivity contribution is 6.35. The van der Waals surface area contributed by atoms with Gasteiger partial charge in [0.1, 0.15) is 5.82 Å². The molecule has 24 heavy (non-hydrogen) atoms. The standard InChI is InChI=1S/C16H12Cl2FN5/c17-11-5-12(18)7-14(6-11)22-16-23-15(9-21-24-16)20-8-10-1-3-13(19)4-2-10/h1-7,9H,8H2,(H2,20,22,23,24). The number of rotatable bonds is 5. The first-order valence-corrected chi connectivity index (χ1v) is 7.75. The Labute approximate surface area is 147 Å². The van der Waals surface area contributed by atoms with E-state index in [1.165, 1.54) is 18.3 Å². The summed E-state index contributed by atoms with van der Waals surface area (Å²) in [6.07, 6.45) is 1.50. The van der Waals surface area contributed by atoms with Crippen LogP contribution in [0.25, 0.3) is 0 Å². The molecule has 0 aliphatic carbocycles. The predicted octanol–water partition coefficient (Wildman–Crippen LogP) is 4.67. The fourth-order valence-electron chi connectivity index (χ4n) is 1.99. The van der Waals surface area contributed by atoms with Gasteiger partial charge in [-0.2, -0.15) is 10.1 Å². The van der Waals surface area contributed by atoms with Gasteiger partial charge in [0, 0.05) is 22.3 Å². The SMILES string of the molecule is Fc1ccc(CNc2cnnc(Nc3cc(Cl)cc(Cl)c3)n2)cc1. The average molecular weight is 364 g/mol. The smallest absolute Gasteiger partial charge is 0.249 e. The number of nitrogens with zero attached hydrogens (tertiary/aromatic N) is 3. The third-order valence-corrected chi connectivity index (χ3v) is 3.50. The van der Waals surface area contributed by atoms with E-state index >= 15 is 0 Å². The Morgan fingerprint density at radius 3 is 2.42 bits per heavy atom. The van der Waals surface area contributed by atoms with Crippen molar-refractivity contribution >= 4 is 40.7 Å². The van der Waals surface area contributed by atoms with E-state index in [1.54, 1.807) is 30.3 Å². The van der Waals surface area contributed by atoms with Crippen LogP contribution in [0.2, 0.25) is 10.0 Å². The molecule has 0 radical (unpaired) electrons. The molecule has 5 nitrogen and oxygen atoms in total. The molecule has 0 spiro atoms. The summed E-state index contributed by atoms with van der Waals surface area (Å²) in [5.41, 5.74) is 1.58. The molecule has 0 bridgehead atoms. The first kappa shape index (κ1) is 16.4. The minimum Gasteiger partial charge on any atom is -0.365 e. The highest BCUT2D eigenvalue weighted by Gasteiger charge is 2.04. The zero-order valence-electron chi connectivity index (χ0n) is 12.3. The molecule has 2 N–H and O–H groups in total. The molecule has 122 valence electrons. The van der Waals surface area contributed by atoms with Crippen molar-refractivity contribution in [3.05, 3.63) is 70.1 Å². The molecule has 0 atom stereocenters. The summed E-state index contributed by atoms with van der Waals surface area (Å²) in [5, 5.41) is 14.9. The summed E-state index contributed by atoms with van der Waals surface area (Å²) >= 11 is 11.9. The Hall–Kier alpha value is -2.44. The summed E-state index contributed by atoms with van der Waals surface area (Å²) in [5.74, 6) is 0.566. The van der Waals surface area contributed by atoms with Crippen LogP contribution in [-0.4, -0.2) is 15.2 Å². The molecule has 0 aliphatic heterocycles. The zero-order chi connectivity index (χ0) is 16.9. The summed E-state index contributed by atoms with van der Waals surface area (Å²) in [6.45, 7) is 0.488. The van der Waals surface area contributed by atoms with Gasteiger partial charge in [0.15, 0.2) is 5.82 Å². The van der Waals surface area contributed by atoms with Crippen LogP contribution in [0.4, 0.5) is 21.8 Å². The minimum absolute atomic E-state index is 0.269. The van der Waals surface area contributed by atoms with E-state index in [2.05, 4.69) is 25.8 Å². The van der Waals surface area contributed by atoms with Gasteiger partial charge in [0.25, 0.3) is 0 Å². The molecule has 8 heteroatoms. The van der Waals surface area contributed by atoms with Gasteiger partial charge in [-0.1, -0.05) is 35.3 Å². The molecule has 0 fully saturated rings. The summed E-state index contributed by atoms with van der Waals surface area (Å²) < 4.78 is 12.9. The maximum Gasteiger partial charge on any atom is 0.249 e. The van der Waals surface area contributed by atoms with Crippen molar-refractivity contribution in [1.82, 2.24) is 15.2 Å². The van der Waals surface area contributed by atoms with Crippen molar-refractivity contribution in [3.8, 4) is 0 Å². The van der Waals surface area contributed by atoms with Gasteiger partial charge < -0.3 is 10.6 Å². The quantitative estimate of drug-likeness (QED) is 0.689. The zero-order valence-corrected chi connectivity index (χ0v) is 13.8. The number of anilines is 3. The third-order valence-electron chi connectivity index (χ3n) is 3.06. The maximum absolute atomic E-state index is 12.9. The van der Waals surface area contributed by atoms with Crippen LogP contribution in [0, 0.1) is 5.82 Å². The van der Waals surface area contributed by atoms with E-state index in [9.17, 15) is 4.39 Å². The summed E-state index contributed by atoms with van der Waals surface area (Å²) in [6, 6.07) is 11.3. The molecule has 0 saturated carbocycles. The van der Waals surface area contributed by atoms with Crippen molar-refractivity contribution in [2.24, 2.45) is 0 Å². The minimum atomic E-state index is -0.269. The average Bonchev–Trinajstić information content (AvgIpc) is 2.54. The van der Waals surface area contributed by atoms with Crippen molar-refractivity contribution in [1.29, 1.82) is 0 Å². The molecule has 0 aliphatic rings. The molecule has 3 aromatic rings. The normalized spacial score (nSPS) is 10.5. The molecule has 3 rings (SSSR count). The van der Waals surface area contributed by atoms with E-state index in [0.29, 0.717) is 34.0 Å². The van der Waals surface area contributed by atoms with Crippen LogP contribution >= 0.6 is 23.2 Å². The number of hydrogen-bond acceptors (Lipinski definition) is 5. The Kier molecular flexibility index (Phi) is 5.08. The van der Waals surface area contributed by atoms with Gasteiger partial charge in [0.05, 0.1) is 6.20 Å². The molecule has 0 amide bonds. The van der Waals surface area contributed by atoms with E-state index in [1.807, 2.05) is 0 Å². The molecular formula is C16H12Cl2FN5. The Balaban J connectivity index is 1.68. The van der Waals surface area contributed by atoms with Gasteiger partial charge in [-0.05, 0) is 35.9 Å². The Bertz CT molecular complexity index is 822. The summed E-state index contributed by atoms with van der Waals surface area (Å²) in [4.78, 5) is 4.30. The monoisotopic (exact) mass is 363 g/mol. The number of hydrogen-bond donors (Lipinski definition) is 2. The van der Waals surface area contributed by atoms with Gasteiger partial charge in [-0.3, -0.25) is 0 Å². The highest BCUT2D eigenvalue weighted by atomic mass is 35.5. The second kappa shape index (κ2) is 7.42. The lowest BCUT2D eigenvalue weighted by molar-refractivity contribution is 0.627. The first-order valence-electron chi connectivity index (χ1n) is 7.00. The highest BCUT2D eigenvalue weighted by Crippen LogP contribution is 2.24. The van der Waals surface area contributed by atoms with Gasteiger partial charge in [-0.15, -0.1) is 5.10 Å². The predicted molar refractivity (Wildman–Crippen MR) is 93.3 cm³/mol. The van der Waals surface area contributed by atoms with Crippen LogP contribution in [0.3, 0.4) is 0 Å². The van der Waals surface area contributed by atoms with Crippen LogP contribution in [0.15, 0.2) is 48.7 Å².